The number of amides is 1. The number of thiazole rings is 1. The van der Waals surface area contributed by atoms with Gasteiger partial charge in [0.15, 0.2) is 0 Å². The third-order valence-corrected chi connectivity index (χ3v) is 4.94. The molecule has 7 heteroatoms. The molecule has 136 valence electrons. The van der Waals surface area contributed by atoms with Crippen LogP contribution >= 0.6 is 11.3 Å². The Morgan fingerprint density at radius 2 is 1.78 bits per heavy atom. The number of aromatic nitrogens is 2. The fraction of sp³-hybridized carbons (Fsp3) is 0.150. The van der Waals surface area contributed by atoms with Crippen LogP contribution in [0.25, 0.3) is 10.6 Å². The Balaban J connectivity index is 1.48. The quantitative estimate of drug-likeness (QED) is 0.482. The summed E-state index contributed by atoms with van der Waals surface area (Å²) in [7, 11) is 0. The molecule has 0 saturated heterocycles. The molecule has 0 atom stereocenters. The van der Waals surface area contributed by atoms with Gasteiger partial charge in [-0.25, -0.2) is 4.98 Å². The molecule has 4 heterocycles. The highest BCUT2D eigenvalue weighted by molar-refractivity contribution is 7.13. The highest BCUT2D eigenvalue weighted by Crippen LogP contribution is 2.23. The van der Waals surface area contributed by atoms with Crippen LogP contribution in [0.5, 0.6) is 0 Å². The number of pyridine rings is 1. The van der Waals surface area contributed by atoms with Crippen LogP contribution < -0.4 is 0 Å². The first-order chi connectivity index (χ1) is 13.3. The van der Waals surface area contributed by atoms with E-state index in [0.717, 1.165) is 27.8 Å². The van der Waals surface area contributed by atoms with Crippen LogP contribution in [0.1, 0.15) is 17.2 Å². The van der Waals surface area contributed by atoms with Gasteiger partial charge < -0.3 is 13.7 Å². The summed E-state index contributed by atoms with van der Waals surface area (Å²) in [6.45, 7) is 0.762. The van der Waals surface area contributed by atoms with E-state index in [0.29, 0.717) is 13.1 Å². The van der Waals surface area contributed by atoms with Crippen LogP contribution in [0.3, 0.4) is 0 Å². The molecule has 0 spiro atoms. The van der Waals surface area contributed by atoms with E-state index in [-0.39, 0.29) is 12.3 Å². The van der Waals surface area contributed by atoms with Crippen LogP contribution in [-0.4, -0.2) is 20.8 Å². The van der Waals surface area contributed by atoms with E-state index in [9.17, 15) is 4.79 Å². The zero-order chi connectivity index (χ0) is 18.5. The van der Waals surface area contributed by atoms with Crippen molar-refractivity contribution < 1.29 is 13.6 Å². The summed E-state index contributed by atoms with van der Waals surface area (Å²) in [4.78, 5) is 23.3. The van der Waals surface area contributed by atoms with Crippen molar-refractivity contribution in [3.63, 3.8) is 0 Å². The lowest BCUT2D eigenvalue weighted by molar-refractivity contribution is -0.132. The smallest absolute Gasteiger partial charge is 0.229 e. The molecular weight excluding hydrogens is 362 g/mol. The van der Waals surface area contributed by atoms with Gasteiger partial charge in [0.05, 0.1) is 37.7 Å². The van der Waals surface area contributed by atoms with Crippen molar-refractivity contribution >= 4 is 17.2 Å². The molecule has 27 heavy (non-hydrogen) atoms. The maximum atomic E-state index is 12.9. The highest BCUT2D eigenvalue weighted by atomic mass is 32.1. The maximum Gasteiger partial charge on any atom is 0.229 e. The molecule has 0 aliphatic carbocycles. The number of furan rings is 2. The average Bonchev–Trinajstić information content (AvgIpc) is 3.45. The number of hydrogen-bond donors (Lipinski definition) is 0. The molecule has 4 aromatic heterocycles. The SMILES string of the molecule is O=C(Cc1csc(-c2cccnc2)n1)N(Cc1ccco1)Cc1ccco1. The number of hydrogen-bond acceptors (Lipinski definition) is 6. The van der Waals surface area contributed by atoms with Gasteiger partial charge in [-0.1, -0.05) is 0 Å². The van der Waals surface area contributed by atoms with Crippen LogP contribution in [0.2, 0.25) is 0 Å². The molecule has 6 nitrogen and oxygen atoms in total. The molecule has 0 bridgehead atoms. The van der Waals surface area contributed by atoms with E-state index in [4.69, 9.17) is 8.83 Å². The minimum absolute atomic E-state index is 0.0363. The molecule has 0 fully saturated rings. The van der Waals surface area contributed by atoms with E-state index in [1.165, 1.54) is 11.3 Å². The van der Waals surface area contributed by atoms with E-state index >= 15 is 0 Å². The summed E-state index contributed by atoms with van der Waals surface area (Å²) < 4.78 is 10.8. The Bertz CT molecular complexity index is 943. The van der Waals surface area contributed by atoms with Gasteiger partial charge in [-0.05, 0) is 36.4 Å². The summed E-state index contributed by atoms with van der Waals surface area (Å²) >= 11 is 1.51. The number of nitrogens with zero attached hydrogens (tertiary/aromatic N) is 3. The first kappa shape index (κ1) is 17.2. The van der Waals surface area contributed by atoms with Crippen molar-refractivity contribution in [1.82, 2.24) is 14.9 Å². The van der Waals surface area contributed by atoms with Gasteiger partial charge in [0.1, 0.15) is 16.5 Å². The van der Waals surface area contributed by atoms with Gasteiger partial charge in [-0.3, -0.25) is 9.78 Å². The van der Waals surface area contributed by atoms with Gasteiger partial charge in [-0.2, -0.15) is 0 Å². The van der Waals surface area contributed by atoms with Crippen LogP contribution in [0.4, 0.5) is 0 Å². The summed E-state index contributed by atoms with van der Waals surface area (Å²) in [5, 5.41) is 2.77. The third-order valence-electron chi connectivity index (χ3n) is 4.00. The Morgan fingerprint density at radius 1 is 1.04 bits per heavy atom. The van der Waals surface area contributed by atoms with Crippen molar-refractivity contribution in [2.45, 2.75) is 19.5 Å². The summed E-state index contributed by atoms with van der Waals surface area (Å²) in [5.41, 5.74) is 1.69. The van der Waals surface area contributed by atoms with Gasteiger partial charge in [-0.15, -0.1) is 11.3 Å². The van der Waals surface area contributed by atoms with Crippen LogP contribution in [-0.2, 0) is 24.3 Å². The van der Waals surface area contributed by atoms with Crippen molar-refractivity contribution in [3.05, 3.63) is 83.9 Å². The first-order valence-corrected chi connectivity index (χ1v) is 9.33. The van der Waals surface area contributed by atoms with Crippen LogP contribution in [0, 0.1) is 0 Å². The fourth-order valence-electron chi connectivity index (χ4n) is 2.69. The first-order valence-electron chi connectivity index (χ1n) is 8.45. The molecule has 4 aromatic rings. The maximum absolute atomic E-state index is 12.9. The molecule has 0 saturated carbocycles. The largest absolute Gasteiger partial charge is 0.467 e. The normalized spacial score (nSPS) is 10.8. The standard InChI is InChI=1S/C20H17N3O3S/c24-19(10-16-14-27-20(22-16)15-4-1-7-21-11-15)23(12-17-5-2-8-25-17)13-18-6-3-9-26-18/h1-9,11,14H,10,12-13H2. The molecule has 1 amide bonds. The Kier molecular flexibility index (Phi) is 5.11. The minimum Gasteiger partial charge on any atom is -0.467 e. The number of carbonyl (C=O) groups is 1. The molecular formula is C20H17N3O3S. The molecule has 4 rings (SSSR count). The molecule has 0 radical (unpaired) electrons. The van der Waals surface area contributed by atoms with E-state index in [1.54, 1.807) is 29.8 Å². The Labute approximate surface area is 160 Å². The van der Waals surface area contributed by atoms with E-state index in [1.807, 2.05) is 41.8 Å². The topological polar surface area (TPSA) is 72.4 Å². The lowest BCUT2D eigenvalue weighted by atomic mass is 10.2. The number of rotatable bonds is 7. The zero-order valence-corrected chi connectivity index (χ0v) is 15.3. The Hall–Kier alpha value is -3.19. The van der Waals surface area contributed by atoms with Crippen LogP contribution in [0.15, 0.2) is 75.5 Å². The molecule has 0 aromatic carbocycles. The summed E-state index contributed by atoms with van der Waals surface area (Å²) in [5.74, 6) is 1.42. The van der Waals surface area contributed by atoms with Gasteiger partial charge in [0.2, 0.25) is 5.91 Å². The fourth-order valence-corrected chi connectivity index (χ4v) is 3.50. The molecule has 0 aliphatic rings. The lowest BCUT2D eigenvalue weighted by Crippen LogP contribution is -2.31. The lowest BCUT2D eigenvalue weighted by Gasteiger charge is -2.20. The summed E-state index contributed by atoms with van der Waals surface area (Å²) in [6, 6.07) is 11.2. The van der Waals surface area contributed by atoms with Gasteiger partial charge in [0, 0.05) is 23.3 Å². The van der Waals surface area contributed by atoms with Crippen molar-refractivity contribution in [3.8, 4) is 10.6 Å². The monoisotopic (exact) mass is 379 g/mol. The predicted octanol–water partition coefficient (Wildman–Crippen LogP) is 4.16. The van der Waals surface area contributed by atoms with Gasteiger partial charge in [0.25, 0.3) is 0 Å². The second-order valence-electron chi connectivity index (χ2n) is 5.97. The molecule has 0 aliphatic heterocycles. The number of carbonyl (C=O) groups excluding carboxylic acids is 1. The predicted molar refractivity (Wildman–Crippen MR) is 101 cm³/mol. The van der Waals surface area contributed by atoms with Crippen molar-refractivity contribution in [2.24, 2.45) is 0 Å². The summed E-state index contributed by atoms with van der Waals surface area (Å²) in [6.07, 6.45) is 6.92. The van der Waals surface area contributed by atoms with E-state index < -0.39 is 0 Å². The average molecular weight is 379 g/mol. The third kappa shape index (κ3) is 4.32. The second-order valence-corrected chi connectivity index (χ2v) is 6.83. The molecule has 0 N–H and O–H groups in total. The minimum atomic E-state index is -0.0363. The van der Waals surface area contributed by atoms with Crippen molar-refractivity contribution in [1.29, 1.82) is 0 Å². The van der Waals surface area contributed by atoms with Crippen molar-refractivity contribution in [2.75, 3.05) is 0 Å². The highest BCUT2D eigenvalue weighted by Gasteiger charge is 2.19. The second kappa shape index (κ2) is 8.01. The van der Waals surface area contributed by atoms with E-state index in [2.05, 4.69) is 9.97 Å². The zero-order valence-electron chi connectivity index (χ0n) is 14.4. The molecule has 0 unspecified atom stereocenters. The Morgan fingerprint density at radius 3 is 2.37 bits per heavy atom. The van der Waals surface area contributed by atoms with Gasteiger partial charge >= 0.3 is 0 Å².